The van der Waals surface area contributed by atoms with Gasteiger partial charge in [-0.3, -0.25) is 14.8 Å². The predicted molar refractivity (Wildman–Crippen MR) is 70.7 cm³/mol. The monoisotopic (exact) mass is 240 g/mol. The van der Waals surface area contributed by atoms with E-state index in [0.717, 1.165) is 24.2 Å². The van der Waals surface area contributed by atoms with Crippen LogP contribution in [0.15, 0.2) is 36.7 Å². The van der Waals surface area contributed by atoms with E-state index in [1.54, 1.807) is 12.4 Å². The van der Waals surface area contributed by atoms with Gasteiger partial charge in [-0.05, 0) is 37.1 Å². The second kappa shape index (κ2) is 5.54. The highest BCUT2D eigenvalue weighted by molar-refractivity contribution is 6.08. The van der Waals surface area contributed by atoms with Crippen LogP contribution in [0.5, 0.6) is 0 Å². The number of rotatable bonds is 4. The zero-order chi connectivity index (χ0) is 13.0. The molecule has 0 fully saturated rings. The van der Waals surface area contributed by atoms with E-state index >= 15 is 0 Å². The van der Waals surface area contributed by atoms with Gasteiger partial charge in [0.15, 0.2) is 5.78 Å². The summed E-state index contributed by atoms with van der Waals surface area (Å²) in [6.07, 6.45) is 5.02. The Morgan fingerprint density at radius 2 is 1.33 bits per heavy atom. The Labute approximate surface area is 107 Å². The molecule has 0 saturated heterocycles. The number of hydrogen-bond donors (Lipinski definition) is 0. The average Bonchev–Trinajstić information content (AvgIpc) is 2.47. The largest absolute Gasteiger partial charge is 0.288 e. The van der Waals surface area contributed by atoms with Gasteiger partial charge in [-0.1, -0.05) is 13.8 Å². The van der Waals surface area contributed by atoms with Crippen LogP contribution in [-0.4, -0.2) is 15.8 Å². The predicted octanol–water partition coefficient (Wildman–Crippen LogP) is 2.83. The van der Waals surface area contributed by atoms with Crippen molar-refractivity contribution in [3.8, 4) is 0 Å². The van der Waals surface area contributed by atoms with Gasteiger partial charge in [0.1, 0.15) is 0 Å². The molecule has 0 N–H and O–H groups in total. The van der Waals surface area contributed by atoms with Crippen molar-refractivity contribution in [1.82, 2.24) is 9.97 Å². The number of aryl methyl sites for hydroxylation is 2. The Balaban J connectivity index is 2.23. The molecule has 3 nitrogen and oxygen atoms in total. The molecule has 0 atom stereocenters. The van der Waals surface area contributed by atoms with Gasteiger partial charge in [0.25, 0.3) is 0 Å². The maximum atomic E-state index is 12.2. The topological polar surface area (TPSA) is 42.9 Å². The van der Waals surface area contributed by atoms with Crippen molar-refractivity contribution in [2.24, 2.45) is 0 Å². The SMILES string of the molecule is CCc1ccc(C(=O)c2ccc(CC)nc2)cn1. The van der Waals surface area contributed by atoms with E-state index < -0.39 is 0 Å². The standard InChI is InChI=1S/C15H16N2O/c1-3-13-7-5-11(9-16-13)15(18)12-6-8-14(4-2)17-10-12/h5-10H,3-4H2,1-2H3. The highest BCUT2D eigenvalue weighted by Crippen LogP contribution is 2.09. The highest BCUT2D eigenvalue weighted by atomic mass is 16.1. The third kappa shape index (κ3) is 2.62. The molecule has 0 saturated carbocycles. The number of nitrogens with zero attached hydrogens (tertiary/aromatic N) is 2. The summed E-state index contributed by atoms with van der Waals surface area (Å²) in [5.41, 5.74) is 3.20. The van der Waals surface area contributed by atoms with Crippen LogP contribution < -0.4 is 0 Å². The Bertz CT molecular complexity index is 480. The second-order valence-corrected chi connectivity index (χ2v) is 4.11. The molecule has 0 spiro atoms. The first kappa shape index (κ1) is 12.4. The van der Waals surface area contributed by atoms with E-state index in [1.165, 1.54) is 0 Å². The zero-order valence-corrected chi connectivity index (χ0v) is 10.7. The van der Waals surface area contributed by atoms with Gasteiger partial charge in [0.2, 0.25) is 0 Å². The highest BCUT2D eigenvalue weighted by Gasteiger charge is 2.09. The molecule has 0 bridgehead atoms. The molecule has 0 radical (unpaired) electrons. The molecule has 18 heavy (non-hydrogen) atoms. The normalized spacial score (nSPS) is 10.3. The van der Waals surface area contributed by atoms with E-state index in [4.69, 9.17) is 0 Å². The molecule has 2 rings (SSSR count). The van der Waals surface area contributed by atoms with Crippen molar-refractivity contribution in [2.45, 2.75) is 26.7 Å². The first-order valence-electron chi connectivity index (χ1n) is 6.19. The quantitative estimate of drug-likeness (QED) is 0.772. The van der Waals surface area contributed by atoms with Crippen LogP contribution in [0, 0.1) is 0 Å². The van der Waals surface area contributed by atoms with Crippen LogP contribution in [-0.2, 0) is 12.8 Å². The zero-order valence-electron chi connectivity index (χ0n) is 10.7. The minimum absolute atomic E-state index is 0.0275. The van der Waals surface area contributed by atoms with Crippen LogP contribution in [0.1, 0.15) is 41.2 Å². The van der Waals surface area contributed by atoms with Crippen molar-refractivity contribution in [1.29, 1.82) is 0 Å². The molecule has 2 heterocycles. The fraction of sp³-hybridized carbons (Fsp3) is 0.267. The Morgan fingerprint density at radius 3 is 1.61 bits per heavy atom. The van der Waals surface area contributed by atoms with E-state index in [0.29, 0.717) is 11.1 Å². The third-order valence-electron chi connectivity index (χ3n) is 2.90. The molecular weight excluding hydrogens is 224 g/mol. The summed E-state index contributed by atoms with van der Waals surface area (Å²) in [6, 6.07) is 7.42. The molecule has 0 aliphatic carbocycles. The Morgan fingerprint density at radius 1 is 0.889 bits per heavy atom. The van der Waals surface area contributed by atoms with Crippen LogP contribution in [0.4, 0.5) is 0 Å². The lowest BCUT2D eigenvalue weighted by Crippen LogP contribution is -2.03. The summed E-state index contributed by atoms with van der Waals surface area (Å²) in [7, 11) is 0. The summed E-state index contributed by atoms with van der Waals surface area (Å²) in [5, 5.41) is 0. The summed E-state index contributed by atoms with van der Waals surface area (Å²) < 4.78 is 0. The van der Waals surface area contributed by atoms with Crippen molar-refractivity contribution >= 4 is 5.78 Å². The number of hydrogen-bond acceptors (Lipinski definition) is 3. The molecule has 0 unspecified atom stereocenters. The first-order chi connectivity index (χ1) is 8.74. The van der Waals surface area contributed by atoms with Gasteiger partial charge in [-0.2, -0.15) is 0 Å². The van der Waals surface area contributed by atoms with Crippen LogP contribution in [0.25, 0.3) is 0 Å². The molecule has 0 aliphatic heterocycles. The van der Waals surface area contributed by atoms with Gasteiger partial charge in [0, 0.05) is 34.9 Å². The summed E-state index contributed by atoms with van der Waals surface area (Å²) in [5.74, 6) is -0.0275. The van der Waals surface area contributed by atoms with Crippen molar-refractivity contribution in [3.05, 3.63) is 59.2 Å². The minimum atomic E-state index is -0.0275. The molecule has 92 valence electrons. The smallest absolute Gasteiger partial charge is 0.196 e. The fourth-order valence-electron chi connectivity index (χ4n) is 1.70. The Hall–Kier alpha value is -2.03. The lowest BCUT2D eigenvalue weighted by molar-refractivity contribution is 0.103. The molecule has 3 heteroatoms. The summed E-state index contributed by atoms with van der Waals surface area (Å²) in [6.45, 7) is 4.08. The van der Waals surface area contributed by atoms with Crippen LogP contribution in [0.3, 0.4) is 0 Å². The van der Waals surface area contributed by atoms with Gasteiger partial charge in [-0.15, -0.1) is 0 Å². The van der Waals surface area contributed by atoms with E-state index in [2.05, 4.69) is 9.97 Å². The molecule has 2 aromatic heterocycles. The minimum Gasteiger partial charge on any atom is -0.288 e. The number of ketones is 1. The van der Waals surface area contributed by atoms with E-state index in [9.17, 15) is 4.79 Å². The third-order valence-corrected chi connectivity index (χ3v) is 2.90. The molecular formula is C15H16N2O. The van der Waals surface area contributed by atoms with Crippen molar-refractivity contribution in [3.63, 3.8) is 0 Å². The van der Waals surface area contributed by atoms with Crippen molar-refractivity contribution in [2.75, 3.05) is 0 Å². The average molecular weight is 240 g/mol. The Kier molecular flexibility index (Phi) is 3.82. The second-order valence-electron chi connectivity index (χ2n) is 4.11. The van der Waals surface area contributed by atoms with Crippen molar-refractivity contribution < 1.29 is 4.79 Å². The number of pyridine rings is 2. The van der Waals surface area contributed by atoms with Gasteiger partial charge < -0.3 is 0 Å². The van der Waals surface area contributed by atoms with E-state index in [-0.39, 0.29) is 5.78 Å². The van der Waals surface area contributed by atoms with Gasteiger partial charge >= 0.3 is 0 Å². The van der Waals surface area contributed by atoms with Gasteiger partial charge in [-0.25, -0.2) is 0 Å². The number of carbonyl (C=O) groups excluding carboxylic acids is 1. The first-order valence-corrected chi connectivity index (χ1v) is 6.19. The maximum absolute atomic E-state index is 12.2. The number of carbonyl (C=O) groups is 1. The molecule has 0 aliphatic rings. The van der Waals surface area contributed by atoms with Crippen LogP contribution >= 0.6 is 0 Å². The van der Waals surface area contributed by atoms with Crippen LogP contribution in [0.2, 0.25) is 0 Å². The summed E-state index contributed by atoms with van der Waals surface area (Å²) >= 11 is 0. The van der Waals surface area contributed by atoms with E-state index in [1.807, 2.05) is 38.1 Å². The lowest BCUT2D eigenvalue weighted by Gasteiger charge is -2.02. The molecule has 0 amide bonds. The maximum Gasteiger partial charge on any atom is 0.196 e. The lowest BCUT2D eigenvalue weighted by atomic mass is 10.1. The molecule has 0 aromatic carbocycles. The van der Waals surface area contributed by atoms with Gasteiger partial charge in [0.05, 0.1) is 0 Å². The molecule has 2 aromatic rings. The fourth-order valence-corrected chi connectivity index (χ4v) is 1.70. The number of aromatic nitrogens is 2. The summed E-state index contributed by atoms with van der Waals surface area (Å²) in [4.78, 5) is 20.6.